The first-order valence-corrected chi connectivity index (χ1v) is 2.71. The molecule has 0 fully saturated rings. The molecular weight excluding hydrogens is 116 g/mol. The van der Waals surface area contributed by atoms with Gasteiger partial charge in [0.2, 0.25) is 6.29 Å². The Morgan fingerprint density at radius 1 is 1.89 bits per heavy atom. The van der Waals surface area contributed by atoms with Crippen molar-refractivity contribution in [3.63, 3.8) is 0 Å². The lowest BCUT2D eigenvalue weighted by molar-refractivity contribution is -0.0480. The second-order valence-electron chi connectivity index (χ2n) is 1.59. The molecule has 0 N–H and O–H groups in total. The highest BCUT2D eigenvalue weighted by Gasteiger charge is 2.06. The number of rotatable bonds is 2. The lowest BCUT2D eigenvalue weighted by Gasteiger charge is -2.04. The number of hydrogen-bond donors (Lipinski definition) is 0. The van der Waals surface area contributed by atoms with E-state index in [0.29, 0.717) is 6.61 Å². The minimum atomic E-state index is -0.223. The summed E-state index contributed by atoms with van der Waals surface area (Å²) in [4.78, 5) is 0. The van der Waals surface area contributed by atoms with Crippen LogP contribution < -0.4 is 0 Å². The van der Waals surface area contributed by atoms with Gasteiger partial charge in [-0.15, -0.1) is 0 Å². The van der Waals surface area contributed by atoms with Gasteiger partial charge in [-0.3, -0.25) is 0 Å². The first-order valence-electron chi connectivity index (χ1n) is 2.71. The smallest absolute Gasteiger partial charge is 0.220 e. The fourth-order valence-electron chi connectivity index (χ4n) is 0.572. The Bertz CT molecular complexity index is 154. The molecule has 0 saturated carbocycles. The van der Waals surface area contributed by atoms with Crippen molar-refractivity contribution in [2.75, 3.05) is 6.61 Å². The van der Waals surface area contributed by atoms with Gasteiger partial charge in [-0.2, -0.15) is 0 Å². The van der Waals surface area contributed by atoms with Crippen LogP contribution >= 0.6 is 0 Å². The second kappa shape index (κ2) is 3.13. The molecule has 1 atom stereocenters. The van der Waals surface area contributed by atoms with Crippen LogP contribution in [-0.4, -0.2) is 12.9 Å². The van der Waals surface area contributed by atoms with Crippen molar-refractivity contribution in [2.24, 2.45) is 0 Å². The maximum Gasteiger partial charge on any atom is 0.220 e. The van der Waals surface area contributed by atoms with Crippen LogP contribution in [0.25, 0.3) is 0 Å². The number of hydrogen-bond acceptors (Lipinski definition) is 2. The van der Waals surface area contributed by atoms with Gasteiger partial charge in [-0.25, -0.2) is 0 Å². The average Bonchev–Trinajstić information content (AvgIpc) is 2.34. The van der Waals surface area contributed by atoms with Crippen LogP contribution in [0.1, 0.15) is 0 Å². The molecule has 2 heteroatoms. The normalized spacial score (nSPS) is 23.3. The zero-order valence-corrected chi connectivity index (χ0v) is 5.04. The van der Waals surface area contributed by atoms with Crippen LogP contribution in [0.5, 0.6) is 0 Å². The lowest BCUT2D eigenvalue weighted by atomic mass is 10.6. The minimum Gasteiger partial charge on any atom is -0.461 e. The van der Waals surface area contributed by atoms with Gasteiger partial charge in [0.05, 0.1) is 6.61 Å². The van der Waals surface area contributed by atoms with Gasteiger partial charge in [0, 0.05) is 0 Å². The van der Waals surface area contributed by atoms with Crippen LogP contribution in [0.2, 0.25) is 0 Å². The van der Waals surface area contributed by atoms with Gasteiger partial charge in [0.25, 0.3) is 0 Å². The SMILES string of the molecule is C=C=COC1C=CCO1. The molecule has 9 heavy (non-hydrogen) atoms. The van der Waals surface area contributed by atoms with Crippen LogP contribution in [-0.2, 0) is 9.47 Å². The largest absolute Gasteiger partial charge is 0.461 e. The van der Waals surface area contributed by atoms with Gasteiger partial charge in [0.15, 0.2) is 0 Å². The summed E-state index contributed by atoms with van der Waals surface area (Å²) < 4.78 is 9.97. The highest BCUT2D eigenvalue weighted by atomic mass is 16.7. The van der Waals surface area contributed by atoms with Crippen molar-refractivity contribution in [1.82, 2.24) is 0 Å². The second-order valence-corrected chi connectivity index (χ2v) is 1.59. The van der Waals surface area contributed by atoms with E-state index >= 15 is 0 Å². The number of ether oxygens (including phenoxy) is 2. The van der Waals surface area contributed by atoms with Crippen molar-refractivity contribution >= 4 is 0 Å². The third kappa shape index (κ3) is 1.76. The molecular formula is C7H8O2. The quantitative estimate of drug-likeness (QED) is 0.313. The van der Waals surface area contributed by atoms with E-state index in [4.69, 9.17) is 9.47 Å². The molecule has 1 aliphatic heterocycles. The Balaban J connectivity index is 2.27. The van der Waals surface area contributed by atoms with E-state index in [1.165, 1.54) is 6.26 Å². The third-order valence-corrected chi connectivity index (χ3v) is 0.935. The molecule has 0 aromatic carbocycles. The highest BCUT2D eigenvalue weighted by molar-refractivity contribution is 4.92. The summed E-state index contributed by atoms with van der Waals surface area (Å²) in [5.74, 6) is 0. The maximum atomic E-state index is 5.02. The topological polar surface area (TPSA) is 18.5 Å². The van der Waals surface area contributed by atoms with E-state index in [2.05, 4.69) is 12.3 Å². The predicted molar refractivity (Wildman–Crippen MR) is 33.7 cm³/mol. The van der Waals surface area contributed by atoms with Crippen molar-refractivity contribution in [3.05, 3.63) is 30.7 Å². The Labute approximate surface area is 54.1 Å². The highest BCUT2D eigenvalue weighted by Crippen LogP contribution is 2.03. The molecule has 0 aromatic heterocycles. The van der Waals surface area contributed by atoms with Gasteiger partial charge >= 0.3 is 0 Å². The molecule has 0 spiro atoms. The van der Waals surface area contributed by atoms with E-state index in [9.17, 15) is 0 Å². The summed E-state index contributed by atoms with van der Waals surface area (Å²) in [6.07, 6.45) is 4.91. The molecule has 1 rings (SSSR count). The van der Waals surface area contributed by atoms with E-state index in [-0.39, 0.29) is 6.29 Å². The van der Waals surface area contributed by atoms with Crippen molar-refractivity contribution in [2.45, 2.75) is 6.29 Å². The fraction of sp³-hybridized carbons (Fsp3) is 0.286. The summed E-state index contributed by atoms with van der Waals surface area (Å²) >= 11 is 0. The standard InChI is InChI=1S/C7H8O2/c1-2-5-8-7-4-3-6-9-7/h3-5,7H,1,6H2. The molecule has 1 unspecified atom stereocenters. The van der Waals surface area contributed by atoms with E-state index in [1.54, 1.807) is 0 Å². The fourth-order valence-corrected chi connectivity index (χ4v) is 0.572. The minimum absolute atomic E-state index is 0.223. The van der Waals surface area contributed by atoms with Crippen LogP contribution in [0.15, 0.2) is 30.7 Å². The first-order chi connectivity index (χ1) is 4.43. The zero-order chi connectivity index (χ0) is 6.53. The Kier molecular flexibility index (Phi) is 2.13. The van der Waals surface area contributed by atoms with Crippen LogP contribution in [0, 0.1) is 0 Å². The predicted octanol–water partition coefficient (Wildman–Crippen LogP) is 1.21. The van der Waals surface area contributed by atoms with Gasteiger partial charge in [0.1, 0.15) is 6.26 Å². The monoisotopic (exact) mass is 124 g/mol. The molecule has 48 valence electrons. The molecule has 1 heterocycles. The zero-order valence-electron chi connectivity index (χ0n) is 5.04. The molecule has 2 nitrogen and oxygen atoms in total. The summed E-state index contributed by atoms with van der Waals surface area (Å²) in [7, 11) is 0. The third-order valence-electron chi connectivity index (χ3n) is 0.935. The maximum absolute atomic E-state index is 5.02. The molecule has 0 amide bonds. The molecule has 0 aliphatic carbocycles. The molecule has 0 saturated heterocycles. The van der Waals surface area contributed by atoms with Crippen molar-refractivity contribution in [3.8, 4) is 0 Å². The van der Waals surface area contributed by atoms with Gasteiger partial charge in [-0.05, 0) is 6.08 Å². The van der Waals surface area contributed by atoms with Gasteiger partial charge in [-0.1, -0.05) is 18.4 Å². The Hall–Kier alpha value is -0.980. The Morgan fingerprint density at radius 3 is 3.33 bits per heavy atom. The van der Waals surface area contributed by atoms with E-state index in [0.717, 1.165) is 0 Å². The van der Waals surface area contributed by atoms with E-state index in [1.807, 2.05) is 12.2 Å². The van der Waals surface area contributed by atoms with Crippen molar-refractivity contribution < 1.29 is 9.47 Å². The summed E-state index contributed by atoms with van der Waals surface area (Å²) in [6, 6.07) is 0. The molecule has 0 aromatic rings. The molecule has 1 aliphatic rings. The lowest BCUT2D eigenvalue weighted by Crippen LogP contribution is -2.04. The summed E-state index contributed by atoms with van der Waals surface area (Å²) in [5, 5.41) is 0. The average molecular weight is 124 g/mol. The van der Waals surface area contributed by atoms with Crippen molar-refractivity contribution in [1.29, 1.82) is 0 Å². The first kappa shape index (κ1) is 6.14. The summed E-state index contributed by atoms with van der Waals surface area (Å²) in [5.41, 5.74) is 2.48. The van der Waals surface area contributed by atoms with Crippen LogP contribution in [0.4, 0.5) is 0 Å². The van der Waals surface area contributed by atoms with E-state index < -0.39 is 0 Å². The summed E-state index contributed by atoms with van der Waals surface area (Å²) in [6.45, 7) is 3.97. The Morgan fingerprint density at radius 2 is 2.78 bits per heavy atom. The van der Waals surface area contributed by atoms with Gasteiger partial charge < -0.3 is 9.47 Å². The molecule has 0 bridgehead atoms. The van der Waals surface area contributed by atoms with Crippen LogP contribution in [0.3, 0.4) is 0 Å². The molecule has 0 radical (unpaired) electrons.